The van der Waals surface area contributed by atoms with E-state index in [9.17, 15) is 18.0 Å². The maximum Gasteiger partial charge on any atom is 0.405 e. The van der Waals surface area contributed by atoms with Gasteiger partial charge in [0.1, 0.15) is 6.54 Å². The number of nitrogens with zero attached hydrogens (tertiary/aromatic N) is 2. The fourth-order valence-electron chi connectivity index (χ4n) is 1.97. The summed E-state index contributed by atoms with van der Waals surface area (Å²) in [7, 11) is 0. The van der Waals surface area contributed by atoms with Gasteiger partial charge >= 0.3 is 6.18 Å². The Bertz CT molecular complexity index is 620. The standard InChI is InChI=1S/C14H14F3N3O/c1-2-12-11(13(21)18-9-14(15,16)17)8-19-20(12)10-6-4-3-5-7-10/h3-8H,2,9H2,1H3,(H,18,21). The first-order valence-corrected chi connectivity index (χ1v) is 6.39. The van der Waals surface area contributed by atoms with Crippen molar-refractivity contribution in [3.05, 3.63) is 47.8 Å². The van der Waals surface area contributed by atoms with E-state index in [1.165, 1.54) is 6.20 Å². The number of alkyl halides is 3. The van der Waals surface area contributed by atoms with Gasteiger partial charge in [0.25, 0.3) is 5.91 Å². The highest BCUT2D eigenvalue weighted by molar-refractivity contribution is 5.95. The van der Waals surface area contributed by atoms with Gasteiger partial charge < -0.3 is 5.32 Å². The first kappa shape index (κ1) is 15.1. The van der Waals surface area contributed by atoms with Gasteiger partial charge in [-0.05, 0) is 18.6 Å². The lowest BCUT2D eigenvalue weighted by atomic mass is 10.2. The molecule has 112 valence electrons. The van der Waals surface area contributed by atoms with E-state index < -0.39 is 18.6 Å². The van der Waals surface area contributed by atoms with E-state index in [4.69, 9.17) is 0 Å². The Hall–Kier alpha value is -2.31. The number of hydrogen-bond acceptors (Lipinski definition) is 2. The fourth-order valence-corrected chi connectivity index (χ4v) is 1.97. The van der Waals surface area contributed by atoms with Crippen molar-refractivity contribution in [1.29, 1.82) is 0 Å². The van der Waals surface area contributed by atoms with Gasteiger partial charge in [0, 0.05) is 0 Å². The van der Waals surface area contributed by atoms with Crippen LogP contribution in [0.25, 0.3) is 5.69 Å². The van der Waals surface area contributed by atoms with Gasteiger partial charge in [-0.3, -0.25) is 4.79 Å². The molecule has 1 amide bonds. The van der Waals surface area contributed by atoms with E-state index in [1.807, 2.05) is 42.6 Å². The molecular formula is C14H14F3N3O. The molecule has 1 aromatic heterocycles. The Morgan fingerprint density at radius 1 is 1.29 bits per heavy atom. The second-order valence-corrected chi connectivity index (χ2v) is 4.40. The normalized spacial score (nSPS) is 11.4. The third-order valence-corrected chi connectivity index (χ3v) is 2.90. The number of aromatic nitrogens is 2. The number of carbonyl (C=O) groups is 1. The van der Waals surface area contributed by atoms with Crippen molar-refractivity contribution in [3.63, 3.8) is 0 Å². The molecule has 0 aliphatic heterocycles. The summed E-state index contributed by atoms with van der Waals surface area (Å²) in [6.07, 6.45) is -2.67. The third kappa shape index (κ3) is 3.62. The van der Waals surface area contributed by atoms with Gasteiger partial charge in [0.2, 0.25) is 0 Å². The first-order valence-electron chi connectivity index (χ1n) is 6.39. The van der Waals surface area contributed by atoms with Crippen LogP contribution in [0.1, 0.15) is 23.0 Å². The molecule has 0 atom stereocenters. The number of amides is 1. The first-order chi connectivity index (χ1) is 9.92. The molecule has 0 aliphatic rings. The number of benzene rings is 1. The summed E-state index contributed by atoms with van der Waals surface area (Å²) in [5, 5.41) is 5.96. The van der Waals surface area contributed by atoms with Crippen molar-refractivity contribution in [3.8, 4) is 5.69 Å². The molecule has 0 radical (unpaired) electrons. The molecule has 4 nitrogen and oxygen atoms in total. The Labute approximate surface area is 119 Å². The van der Waals surface area contributed by atoms with Crippen LogP contribution in [0.15, 0.2) is 36.5 Å². The van der Waals surface area contributed by atoms with Crippen molar-refractivity contribution < 1.29 is 18.0 Å². The van der Waals surface area contributed by atoms with Gasteiger partial charge in [0.05, 0.1) is 23.1 Å². The molecule has 21 heavy (non-hydrogen) atoms. The lowest BCUT2D eigenvalue weighted by Gasteiger charge is -2.10. The van der Waals surface area contributed by atoms with Crippen LogP contribution in [-0.2, 0) is 6.42 Å². The lowest BCUT2D eigenvalue weighted by molar-refractivity contribution is -0.123. The van der Waals surface area contributed by atoms with Crippen LogP contribution in [0.5, 0.6) is 0 Å². The van der Waals surface area contributed by atoms with Crippen molar-refractivity contribution >= 4 is 5.91 Å². The van der Waals surface area contributed by atoms with Crippen LogP contribution >= 0.6 is 0 Å². The average Bonchev–Trinajstić information content (AvgIpc) is 2.88. The molecule has 0 aliphatic carbocycles. The van der Waals surface area contributed by atoms with Gasteiger partial charge in [0.15, 0.2) is 0 Å². The highest BCUT2D eigenvalue weighted by Crippen LogP contribution is 2.17. The summed E-state index contributed by atoms with van der Waals surface area (Å²) < 4.78 is 38.0. The number of rotatable bonds is 4. The van der Waals surface area contributed by atoms with Gasteiger partial charge in [-0.15, -0.1) is 0 Å². The van der Waals surface area contributed by atoms with Crippen LogP contribution < -0.4 is 5.32 Å². The monoisotopic (exact) mass is 297 g/mol. The maximum atomic E-state index is 12.1. The summed E-state index contributed by atoms with van der Waals surface area (Å²) in [4.78, 5) is 11.9. The maximum absolute atomic E-state index is 12.1. The minimum Gasteiger partial charge on any atom is -0.343 e. The Morgan fingerprint density at radius 2 is 1.95 bits per heavy atom. The number of para-hydroxylation sites is 1. The third-order valence-electron chi connectivity index (χ3n) is 2.90. The average molecular weight is 297 g/mol. The number of halogens is 3. The highest BCUT2D eigenvalue weighted by atomic mass is 19.4. The zero-order valence-corrected chi connectivity index (χ0v) is 11.3. The zero-order valence-electron chi connectivity index (χ0n) is 11.3. The molecule has 0 spiro atoms. The molecule has 0 saturated heterocycles. The van der Waals surface area contributed by atoms with E-state index in [0.29, 0.717) is 12.1 Å². The summed E-state index contributed by atoms with van der Waals surface area (Å²) >= 11 is 0. The van der Waals surface area contributed by atoms with Crippen LogP contribution in [0.3, 0.4) is 0 Å². The Kier molecular flexibility index (Phi) is 4.30. The number of hydrogen-bond donors (Lipinski definition) is 1. The molecule has 1 N–H and O–H groups in total. The molecule has 0 saturated carbocycles. The van der Waals surface area contributed by atoms with Gasteiger partial charge in [-0.25, -0.2) is 4.68 Å². The van der Waals surface area contributed by atoms with Gasteiger partial charge in [-0.1, -0.05) is 25.1 Å². The predicted molar refractivity (Wildman–Crippen MR) is 71.3 cm³/mol. The van der Waals surface area contributed by atoms with Crippen LogP contribution in [-0.4, -0.2) is 28.4 Å². The van der Waals surface area contributed by atoms with Crippen LogP contribution in [0.2, 0.25) is 0 Å². The summed E-state index contributed by atoms with van der Waals surface area (Å²) in [6, 6.07) is 9.10. The molecule has 0 fully saturated rings. The smallest absolute Gasteiger partial charge is 0.343 e. The quantitative estimate of drug-likeness (QED) is 0.943. The van der Waals surface area contributed by atoms with Crippen LogP contribution in [0, 0.1) is 0 Å². The topological polar surface area (TPSA) is 46.9 Å². The van der Waals surface area contributed by atoms with Gasteiger partial charge in [-0.2, -0.15) is 18.3 Å². The molecule has 2 aromatic rings. The highest BCUT2D eigenvalue weighted by Gasteiger charge is 2.28. The second kappa shape index (κ2) is 5.99. The molecule has 0 bridgehead atoms. The Morgan fingerprint density at radius 3 is 2.52 bits per heavy atom. The van der Waals surface area contributed by atoms with E-state index in [2.05, 4.69) is 5.10 Å². The van der Waals surface area contributed by atoms with Crippen molar-refractivity contribution in [2.24, 2.45) is 0 Å². The molecule has 2 rings (SSSR count). The minimum absolute atomic E-state index is 0.158. The largest absolute Gasteiger partial charge is 0.405 e. The molecule has 7 heteroatoms. The molecule has 1 heterocycles. The lowest BCUT2D eigenvalue weighted by Crippen LogP contribution is -2.34. The van der Waals surface area contributed by atoms with E-state index in [0.717, 1.165) is 5.69 Å². The fraction of sp³-hybridized carbons (Fsp3) is 0.286. The SMILES string of the molecule is CCc1c(C(=O)NCC(F)(F)F)cnn1-c1ccccc1. The molecular weight excluding hydrogens is 283 g/mol. The molecule has 0 unspecified atom stereocenters. The van der Waals surface area contributed by atoms with E-state index in [1.54, 1.807) is 4.68 Å². The second-order valence-electron chi connectivity index (χ2n) is 4.40. The van der Waals surface area contributed by atoms with Crippen molar-refractivity contribution in [2.75, 3.05) is 6.54 Å². The Balaban J connectivity index is 2.26. The number of carbonyl (C=O) groups excluding carboxylic acids is 1. The van der Waals surface area contributed by atoms with E-state index in [-0.39, 0.29) is 5.56 Å². The minimum atomic E-state index is -4.43. The van der Waals surface area contributed by atoms with Crippen molar-refractivity contribution in [1.82, 2.24) is 15.1 Å². The van der Waals surface area contributed by atoms with Crippen LogP contribution in [0.4, 0.5) is 13.2 Å². The molecule has 1 aromatic carbocycles. The van der Waals surface area contributed by atoms with E-state index >= 15 is 0 Å². The van der Waals surface area contributed by atoms with Crippen molar-refractivity contribution in [2.45, 2.75) is 19.5 Å². The summed E-state index contributed by atoms with van der Waals surface area (Å²) in [5.41, 5.74) is 1.48. The number of nitrogens with one attached hydrogen (secondary N) is 1. The summed E-state index contributed by atoms with van der Waals surface area (Å²) in [6.45, 7) is 0.461. The summed E-state index contributed by atoms with van der Waals surface area (Å²) in [5.74, 6) is -0.772. The predicted octanol–water partition coefficient (Wildman–Crippen LogP) is 2.73. The zero-order chi connectivity index (χ0) is 15.5.